The second kappa shape index (κ2) is 5.19. The van der Waals surface area contributed by atoms with Crippen LogP contribution in [0.1, 0.15) is 28.3 Å². The van der Waals surface area contributed by atoms with Gasteiger partial charge >= 0.3 is 0 Å². The lowest BCUT2D eigenvalue weighted by Crippen LogP contribution is -2.08. The lowest BCUT2D eigenvalue weighted by Gasteiger charge is -2.15. The molecule has 0 aliphatic rings. The summed E-state index contributed by atoms with van der Waals surface area (Å²) in [6, 6.07) is 6.42. The van der Waals surface area contributed by atoms with E-state index in [9.17, 15) is 0 Å². The van der Waals surface area contributed by atoms with Gasteiger partial charge in [-0.3, -0.25) is 0 Å². The van der Waals surface area contributed by atoms with Crippen LogP contribution < -0.4 is 5.32 Å². The molecule has 0 aliphatic carbocycles. The Morgan fingerprint density at radius 2 is 2.18 bits per heavy atom. The zero-order chi connectivity index (χ0) is 12.4. The lowest BCUT2D eigenvalue weighted by atomic mass is 10.1. The van der Waals surface area contributed by atoms with Gasteiger partial charge in [0.1, 0.15) is 5.82 Å². The Labute approximate surface area is 114 Å². The Morgan fingerprint density at radius 3 is 2.76 bits per heavy atom. The van der Waals surface area contributed by atoms with Crippen molar-refractivity contribution in [3.05, 3.63) is 44.2 Å². The molecule has 0 bridgehead atoms. The Balaban J connectivity index is 2.20. The number of hydrogen-bond donors (Lipinski definition) is 1. The van der Waals surface area contributed by atoms with E-state index in [4.69, 9.17) is 0 Å². The molecule has 2 heterocycles. The first kappa shape index (κ1) is 12.6. The van der Waals surface area contributed by atoms with Gasteiger partial charge in [0.05, 0.1) is 10.5 Å². The van der Waals surface area contributed by atoms with Gasteiger partial charge in [-0.1, -0.05) is 0 Å². The minimum atomic E-state index is 0.270. The quantitative estimate of drug-likeness (QED) is 0.889. The largest absolute Gasteiger partial charge is 0.363 e. The molecule has 1 N–H and O–H groups in total. The molecule has 0 fully saturated rings. The van der Waals surface area contributed by atoms with Crippen LogP contribution in [0.4, 0.5) is 5.82 Å². The smallest absolute Gasteiger partial charge is 0.140 e. The number of nitrogens with zero attached hydrogens (tertiary/aromatic N) is 1. The van der Waals surface area contributed by atoms with Gasteiger partial charge in [-0.15, -0.1) is 11.3 Å². The van der Waals surface area contributed by atoms with Crippen LogP contribution in [-0.2, 0) is 0 Å². The first-order chi connectivity index (χ1) is 8.08. The van der Waals surface area contributed by atoms with Crippen LogP contribution in [0.3, 0.4) is 0 Å². The van der Waals surface area contributed by atoms with Crippen molar-refractivity contribution in [1.29, 1.82) is 0 Å². The molecular weight excluding hydrogens is 296 g/mol. The molecule has 1 atom stereocenters. The van der Waals surface area contributed by atoms with Gasteiger partial charge in [0.25, 0.3) is 0 Å². The number of aryl methyl sites for hydroxylation is 2. The standard InChI is InChI=1S/C13H15BrN2S/c1-8-7-11(10(3)17-8)9(2)16-13-12(14)5-4-6-15-13/h4-7,9H,1-3H3,(H,15,16). The molecule has 4 heteroatoms. The highest BCUT2D eigenvalue weighted by atomic mass is 79.9. The minimum Gasteiger partial charge on any atom is -0.363 e. The molecule has 0 aliphatic heterocycles. The van der Waals surface area contributed by atoms with E-state index in [1.807, 2.05) is 23.5 Å². The number of rotatable bonds is 3. The molecule has 0 saturated heterocycles. The number of thiophene rings is 1. The van der Waals surface area contributed by atoms with Gasteiger partial charge in [-0.2, -0.15) is 0 Å². The zero-order valence-electron chi connectivity index (χ0n) is 10.1. The van der Waals surface area contributed by atoms with Crippen LogP contribution in [0, 0.1) is 13.8 Å². The number of hydrogen-bond acceptors (Lipinski definition) is 3. The second-order valence-corrected chi connectivity index (χ2v) is 6.38. The fraction of sp³-hybridized carbons (Fsp3) is 0.308. The van der Waals surface area contributed by atoms with E-state index in [1.54, 1.807) is 6.20 Å². The second-order valence-electron chi connectivity index (χ2n) is 4.07. The normalized spacial score (nSPS) is 12.5. The molecular formula is C13H15BrN2S. The molecule has 2 aromatic heterocycles. The summed E-state index contributed by atoms with van der Waals surface area (Å²) in [5.74, 6) is 0.892. The maximum atomic E-state index is 4.33. The van der Waals surface area contributed by atoms with E-state index in [2.05, 4.69) is 53.1 Å². The predicted octanol–water partition coefficient (Wildman–Crippen LogP) is 4.70. The van der Waals surface area contributed by atoms with Gasteiger partial charge in [0.2, 0.25) is 0 Å². The molecule has 0 aromatic carbocycles. The fourth-order valence-corrected chi connectivity index (χ4v) is 3.25. The van der Waals surface area contributed by atoms with Crippen LogP contribution >= 0.6 is 27.3 Å². The third kappa shape index (κ3) is 2.87. The number of nitrogens with one attached hydrogen (secondary N) is 1. The van der Waals surface area contributed by atoms with E-state index in [1.165, 1.54) is 15.3 Å². The molecule has 2 nitrogen and oxygen atoms in total. The first-order valence-corrected chi connectivity index (χ1v) is 7.13. The molecule has 0 radical (unpaired) electrons. The van der Waals surface area contributed by atoms with E-state index < -0.39 is 0 Å². The van der Waals surface area contributed by atoms with Crippen molar-refractivity contribution in [1.82, 2.24) is 4.98 Å². The number of halogens is 1. The van der Waals surface area contributed by atoms with Crippen molar-refractivity contribution in [2.75, 3.05) is 5.32 Å². The van der Waals surface area contributed by atoms with Crippen molar-refractivity contribution in [3.8, 4) is 0 Å². The number of aromatic nitrogens is 1. The minimum absolute atomic E-state index is 0.270. The molecule has 17 heavy (non-hydrogen) atoms. The average molecular weight is 311 g/mol. The molecule has 1 unspecified atom stereocenters. The topological polar surface area (TPSA) is 24.9 Å². The van der Waals surface area contributed by atoms with Gasteiger partial charge in [-0.25, -0.2) is 4.98 Å². The van der Waals surface area contributed by atoms with Crippen molar-refractivity contribution in [3.63, 3.8) is 0 Å². The monoisotopic (exact) mass is 310 g/mol. The number of anilines is 1. The predicted molar refractivity (Wildman–Crippen MR) is 77.8 cm³/mol. The molecule has 90 valence electrons. The summed E-state index contributed by atoms with van der Waals surface area (Å²) in [7, 11) is 0. The van der Waals surface area contributed by atoms with Gasteiger partial charge < -0.3 is 5.32 Å². The van der Waals surface area contributed by atoms with Crippen LogP contribution in [0.15, 0.2) is 28.9 Å². The Hall–Kier alpha value is -0.870. The van der Waals surface area contributed by atoms with Crippen LogP contribution in [0.25, 0.3) is 0 Å². The number of pyridine rings is 1. The summed E-state index contributed by atoms with van der Waals surface area (Å²) in [6.07, 6.45) is 1.80. The highest BCUT2D eigenvalue weighted by Crippen LogP contribution is 2.29. The van der Waals surface area contributed by atoms with E-state index in [0.29, 0.717) is 0 Å². The molecule has 2 rings (SSSR count). The van der Waals surface area contributed by atoms with Gasteiger partial charge in [0.15, 0.2) is 0 Å². The summed E-state index contributed by atoms with van der Waals surface area (Å²) < 4.78 is 0.997. The summed E-state index contributed by atoms with van der Waals surface area (Å²) in [5.41, 5.74) is 1.35. The lowest BCUT2D eigenvalue weighted by molar-refractivity contribution is 0.870. The van der Waals surface area contributed by atoms with Crippen molar-refractivity contribution in [2.45, 2.75) is 26.8 Å². The van der Waals surface area contributed by atoms with Crippen LogP contribution in [0.2, 0.25) is 0 Å². The molecule has 0 amide bonds. The highest BCUT2D eigenvalue weighted by molar-refractivity contribution is 9.10. The van der Waals surface area contributed by atoms with Crippen molar-refractivity contribution in [2.24, 2.45) is 0 Å². The fourth-order valence-electron chi connectivity index (χ4n) is 1.86. The summed E-state index contributed by atoms with van der Waals surface area (Å²) in [4.78, 5) is 7.05. The molecule has 2 aromatic rings. The molecule has 0 saturated carbocycles. The maximum Gasteiger partial charge on any atom is 0.140 e. The highest BCUT2D eigenvalue weighted by Gasteiger charge is 2.12. The Bertz CT molecular complexity index is 522. The third-order valence-electron chi connectivity index (χ3n) is 2.66. The summed E-state index contributed by atoms with van der Waals surface area (Å²) >= 11 is 5.34. The SMILES string of the molecule is Cc1cc(C(C)Nc2ncccc2Br)c(C)s1. The van der Waals surface area contributed by atoms with Crippen LogP contribution in [-0.4, -0.2) is 4.98 Å². The van der Waals surface area contributed by atoms with Crippen molar-refractivity contribution < 1.29 is 0 Å². The maximum absolute atomic E-state index is 4.33. The summed E-state index contributed by atoms with van der Waals surface area (Å²) in [6.45, 7) is 6.47. The van der Waals surface area contributed by atoms with Crippen LogP contribution in [0.5, 0.6) is 0 Å². The van der Waals surface area contributed by atoms with Crippen molar-refractivity contribution >= 4 is 33.1 Å². The van der Waals surface area contributed by atoms with Gasteiger partial charge in [0, 0.05) is 16.0 Å². The Kier molecular flexibility index (Phi) is 3.84. The molecule has 0 spiro atoms. The average Bonchev–Trinajstić information content (AvgIpc) is 2.61. The van der Waals surface area contributed by atoms with Gasteiger partial charge in [-0.05, 0) is 60.5 Å². The Morgan fingerprint density at radius 1 is 1.41 bits per heavy atom. The van der Waals surface area contributed by atoms with E-state index in [0.717, 1.165) is 10.3 Å². The first-order valence-electron chi connectivity index (χ1n) is 5.52. The summed E-state index contributed by atoms with van der Waals surface area (Å²) in [5, 5.41) is 3.43. The third-order valence-corrected chi connectivity index (χ3v) is 4.28. The zero-order valence-corrected chi connectivity index (χ0v) is 12.5. The van der Waals surface area contributed by atoms with E-state index >= 15 is 0 Å². The van der Waals surface area contributed by atoms with E-state index in [-0.39, 0.29) is 6.04 Å².